The summed E-state index contributed by atoms with van der Waals surface area (Å²) in [6.07, 6.45) is 6.57. The van der Waals surface area contributed by atoms with Crippen molar-refractivity contribution in [1.82, 2.24) is 10.5 Å². The Morgan fingerprint density at radius 2 is 2.24 bits per heavy atom. The zero-order valence-corrected chi connectivity index (χ0v) is 9.69. The average molecular weight is 232 g/mol. The fraction of sp³-hybridized carbons (Fsp3) is 0.462. The van der Waals surface area contributed by atoms with E-state index in [1.807, 2.05) is 18.2 Å². The topological polar surface area (TPSA) is 51.2 Å². The van der Waals surface area contributed by atoms with Gasteiger partial charge in [0.25, 0.3) is 0 Å². The fourth-order valence-corrected chi connectivity index (χ4v) is 2.27. The maximum Gasteiger partial charge on any atom is 0.202 e. The molecular formula is C13H16N2O2. The van der Waals surface area contributed by atoms with Gasteiger partial charge in [-0.05, 0) is 31.5 Å². The van der Waals surface area contributed by atoms with Crippen molar-refractivity contribution in [1.29, 1.82) is 0 Å². The summed E-state index contributed by atoms with van der Waals surface area (Å²) in [4.78, 5) is 0. The summed E-state index contributed by atoms with van der Waals surface area (Å²) >= 11 is 0. The predicted octanol–water partition coefficient (Wildman–Crippen LogP) is 3.14. The van der Waals surface area contributed by atoms with Crippen molar-refractivity contribution in [3.63, 3.8) is 0 Å². The highest BCUT2D eigenvalue weighted by Gasteiger charge is 2.18. The average Bonchev–Trinajstić information content (AvgIpc) is 2.95. The van der Waals surface area contributed by atoms with Crippen LogP contribution in [-0.4, -0.2) is 11.7 Å². The molecule has 17 heavy (non-hydrogen) atoms. The van der Waals surface area contributed by atoms with Crippen LogP contribution in [0, 0.1) is 0 Å². The minimum atomic E-state index is 0.324. The first-order valence-electron chi connectivity index (χ1n) is 6.17. The molecule has 0 saturated carbocycles. The van der Waals surface area contributed by atoms with Gasteiger partial charge in [-0.3, -0.25) is 0 Å². The summed E-state index contributed by atoms with van der Waals surface area (Å²) in [5, 5.41) is 7.64. The largest absolute Gasteiger partial charge is 0.461 e. The van der Waals surface area contributed by atoms with E-state index in [4.69, 9.17) is 8.94 Å². The first-order chi connectivity index (χ1) is 8.43. The van der Waals surface area contributed by atoms with Gasteiger partial charge in [-0.2, -0.15) is 0 Å². The second-order valence-electron chi connectivity index (χ2n) is 4.45. The summed E-state index contributed by atoms with van der Waals surface area (Å²) in [6, 6.07) is 6.03. The van der Waals surface area contributed by atoms with E-state index < -0.39 is 0 Å². The molecule has 1 aliphatic heterocycles. The number of nitrogens with zero attached hydrogens (tertiary/aromatic N) is 1. The Bertz CT molecular complexity index is 453. The van der Waals surface area contributed by atoms with Crippen molar-refractivity contribution in [3.05, 3.63) is 30.2 Å². The molecule has 90 valence electrons. The Balaban J connectivity index is 1.79. The van der Waals surface area contributed by atoms with E-state index in [0.29, 0.717) is 11.8 Å². The summed E-state index contributed by atoms with van der Waals surface area (Å²) in [5.74, 6) is 1.44. The molecule has 2 aromatic heterocycles. The van der Waals surface area contributed by atoms with Gasteiger partial charge in [0, 0.05) is 6.07 Å². The van der Waals surface area contributed by atoms with E-state index in [-0.39, 0.29) is 0 Å². The van der Waals surface area contributed by atoms with Crippen LogP contribution in [-0.2, 0) is 0 Å². The minimum Gasteiger partial charge on any atom is -0.461 e. The number of aromatic nitrogens is 1. The maximum absolute atomic E-state index is 5.32. The predicted molar refractivity (Wildman–Crippen MR) is 63.4 cm³/mol. The van der Waals surface area contributed by atoms with Crippen LogP contribution in [0.3, 0.4) is 0 Å². The van der Waals surface area contributed by atoms with Crippen LogP contribution in [0.15, 0.2) is 33.4 Å². The third kappa shape index (κ3) is 2.26. The zero-order chi connectivity index (χ0) is 11.5. The molecule has 0 bridgehead atoms. The van der Waals surface area contributed by atoms with Crippen molar-refractivity contribution in [3.8, 4) is 11.5 Å². The van der Waals surface area contributed by atoms with Gasteiger partial charge in [0.05, 0.1) is 12.3 Å². The van der Waals surface area contributed by atoms with E-state index in [1.54, 1.807) is 6.26 Å². The Labute approximate surface area is 100.0 Å². The van der Waals surface area contributed by atoms with Gasteiger partial charge in [0.2, 0.25) is 5.76 Å². The minimum absolute atomic E-state index is 0.324. The second kappa shape index (κ2) is 4.75. The molecule has 4 heteroatoms. The summed E-state index contributed by atoms with van der Waals surface area (Å²) in [5.41, 5.74) is 0.985. The molecule has 0 spiro atoms. The Morgan fingerprint density at radius 1 is 1.24 bits per heavy atom. The maximum atomic E-state index is 5.32. The highest BCUT2D eigenvalue weighted by Crippen LogP contribution is 2.26. The molecule has 0 aromatic carbocycles. The van der Waals surface area contributed by atoms with E-state index >= 15 is 0 Å². The third-order valence-corrected chi connectivity index (χ3v) is 3.21. The van der Waals surface area contributed by atoms with Crippen molar-refractivity contribution >= 4 is 0 Å². The van der Waals surface area contributed by atoms with Crippen LogP contribution >= 0.6 is 0 Å². The van der Waals surface area contributed by atoms with Crippen molar-refractivity contribution in [2.75, 3.05) is 6.54 Å². The fourth-order valence-electron chi connectivity index (χ4n) is 2.27. The van der Waals surface area contributed by atoms with E-state index in [2.05, 4.69) is 10.5 Å². The van der Waals surface area contributed by atoms with Crippen molar-refractivity contribution < 1.29 is 8.94 Å². The number of hydrogen-bond donors (Lipinski definition) is 1. The molecular weight excluding hydrogens is 216 g/mol. The van der Waals surface area contributed by atoms with Gasteiger partial charge in [-0.1, -0.05) is 18.0 Å². The SMILES string of the molecule is c1coc(-c2cc(C3CCCCCN3)no2)c1. The molecule has 0 radical (unpaired) electrons. The normalized spacial score (nSPS) is 21.3. The summed E-state index contributed by atoms with van der Waals surface area (Å²) in [7, 11) is 0. The summed E-state index contributed by atoms with van der Waals surface area (Å²) in [6.45, 7) is 1.06. The first kappa shape index (κ1) is 10.6. The van der Waals surface area contributed by atoms with Crippen LogP contribution < -0.4 is 5.32 Å². The lowest BCUT2D eigenvalue weighted by Crippen LogP contribution is -2.20. The molecule has 1 unspecified atom stereocenters. The van der Waals surface area contributed by atoms with E-state index in [9.17, 15) is 0 Å². The van der Waals surface area contributed by atoms with Gasteiger partial charge >= 0.3 is 0 Å². The smallest absolute Gasteiger partial charge is 0.202 e. The molecule has 3 heterocycles. The van der Waals surface area contributed by atoms with Gasteiger partial charge in [0.1, 0.15) is 5.69 Å². The highest BCUT2D eigenvalue weighted by atomic mass is 16.5. The summed E-state index contributed by atoms with van der Waals surface area (Å²) < 4.78 is 10.6. The number of nitrogens with one attached hydrogen (secondary N) is 1. The first-order valence-corrected chi connectivity index (χ1v) is 6.17. The molecule has 1 atom stereocenters. The number of furan rings is 1. The molecule has 1 saturated heterocycles. The Hall–Kier alpha value is -1.55. The Morgan fingerprint density at radius 3 is 3.12 bits per heavy atom. The zero-order valence-electron chi connectivity index (χ0n) is 9.69. The van der Waals surface area contributed by atoms with Crippen LogP contribution in [0.1, 0.15) is 37.4 Å². The lowest BCUT2D eigenvalue weighted by Gasteiger charge is -2.11. The molecule has 0 amide bonds. The standard InChI is InChI=1S/C13H16N2O2/c1-2-5-10(14-7-3-1)11-9-13(17-15-11)12-6-4-8-16-12/h4,6,8-10,14H,1-3,5,7H2. The molecule has 3 rings (SSSR count). The van der Waals surface area contributed by atoms with Crippen molar-refractivity contribution in [2.45, 2.75) is 31.7 Å². The molecule has 1 N–H and O–H groups in total. The van der Waals surface area contributed by atoms with Crippen LogP contribution in [0.2, 0.25) is 0 Å². The van der Waals surface area contributed by atoms with Crippen molar-refractivity contribution in [2.24, 2.45) is 0 Å². The molecule has 0 aliphatic carbocycles. The molecule has 1 aliphatic rings. The van der Waals surface area contributed by atoms with Gasteiger partial charge < -0.3 is 14.3 Å². The molecule has 4 nitrogen and oxygen atoms in total. The molecule has 1 fully saturated rings. The third-order valence-electron chi connectivity index (χ3n) is 3.21. The number of rotatable bonds is 2. The van der Waals surface area contributed by atoms with E-state index in [1.165, 1.54) is 19.3 Å². The number of hydrogen-bond acceptors (Lipinski definition) is 4. The van der Waals surface area contributed by atoms with Crippen LogP contribution in [0.4, 0.5) is 0 Å². The van der Waals surface area contributed by atoms with Gasteiger partial charge in [-0.15, -0.1) is 0 Å². The highest BCUT2D eigenvalue weighted by molar-refractivity contribution is 5.49. The van der Waals surface area contributed by atoms with Crippen LogP contribution in [0.5, 0.6) is 0 Å². The van der Waals surface area contributed by atoms with E-state index in [0.717, 1.165) is 24.4 Å². The van der Waals surface area contributed by atoms with Gasteiger partial charge in [0.15, 0.2) is 5.76 Å². The quantitative estimate of drug-likeness (QED) is 0.864. The second-order valence-corrected chi connectivity index (χ2v) is 4.45. The van der Waals surface area contributed by atoms with Crippen LogP contribution in [0.25, 0.3) is 11.5 Å². The monoisotopic (exact) mass is 232 g/mol. The lowest BCUT2D eigenvalue weighted by molar-refractivity contribution is 0.393. The molecule has 2 aromatic rings. The lowest BCUT2D eigenvalue weighted by atomic mass is 10.1. The van der Waals surface area contributed by atoms with Gasteiger partial charge in [-0.25, -0.2) is 0 Å². The Kier molecular flexibility index (Phi) is 2.96.